The zero-order chi connectivity index (χ0) is 16.8. The number of carbonyl (C=O) groups is 1. The maximum atomic E-state index is 11.9. The molecular formula is C15H15N5O2S2. The molecule has 24 heavy (non-hydrogen) atoms. The van der Waals surface area contributed by atoms with Gasteiger partial charge in [-0.05, 0) is 19.1 Å². The third-order valence-electron chi connectivity index (χ3n) is 2.83. The van der Waals surface area contributed by atoms with Crippen molar-refractivity contribution >= 4 is 34.1 Å². The molecule has 0 aliphatic rings. The largest absolute Gasteiger partial charge is 0.486 e. The number of anilines is 1. The summed E-state index contributed by atoms with van der Waals surface area (Å²) in [5.74, 6) is 1.45. The lowest BCUT2D eigenvalue weighted by atomic mass is 10.3. The van der Waals surface area contributed by atoms with Crippen LogP contribution in [0.15, 0.2) is 40.9 Å². The number of nitrogens with one attached hydrogen (secondary N) is 2. The summed E-state index contributed by atoms with van der Waals surface area (Å²) in [5.41, 5.74) is 0.889. The van der Waals surface area contributed by atoms with E-state index in [0.717, 1.165) is 11.4 Å². The van der Waals surface area contributed by atoms with Crippen molar-refractivity contribution in [3.8, 4) is 5.75 Å². The molecule has 0 atom stereocenters. The lowest BCUT2D eigenvalue weighted by Crippen LogP contribution is -2.13. The monoisotopic (exact) mass is 361 g/mol. The van der Waals surface area contributed by atoms with Crippen LogP contribution in [0.3, 0.4) is 0 Å². The highest BCUT2D eigenvalue weighted by atomic mass is 32.2. The van der Waals surface area contributed by atoms with Gasteiger partial charge in [0.2, 0.25) is 11.1 Å². The van der Waals surface area contributed by atoms with E-state index in [1.807, 2.05) is 42.6 Å². The van der Waals surface area contributed by atoms with Crippen molar-refractivity contribution in [2.24, 2.45) is 0 Å². The maximum absolute atomic E-state index is 11.9. The molecule has 0 radical (unpaired) electrons. The van der Waals surface area contributed by atoms with E-state index in [9.17, 15) is 4.79 Å². The van der Waals surface area contributed by atoms with Gasteiger partial charge in [-0.1, -0.05) is 30.0 Å². The molecule has 7 nitrogen and oxygen atoms in total. The molecule has 2 heterocycles. The van der Waals surface area contributed by atoms with Crippen LogP contribution in [-0.2, 0) is 11.4 Å². The van der Waals surface area contributed by atoms with Gasteiger partial charge >= 0.3 is 0 Å². The van der Waals surface area contributed by atoms with Gasteiger partial charge in [-0.3, -0.25) is 9.89 Å². The average molecular weight is 361 g/mol. The smallest absolute Gasteiger partial charge is 0.236 e. The fourth-order valence-electron chi connectivity index (χ4n) is 1.77. The van der Waals surface area contributed by atoms with Crippen molar-refractivity contribution in [1.29, 1.82) is 0 Å². The Morgan fingerprint density at radius 1 is 1.33 bits per heavy atom. The lowest BCUT2D eigenvalue weighted by molar-refractivity contribution is -0.113. The summed E-state index contributed by atoms with van der Waals surface area (Å²) in [6, 6.07) is 9.47. The van der Waals surface area contributed by atoms with Crippen LogP contribution in [0.4, 0.5) is 5.13 Å². The first-order valence-electron chi connectivity index (χ1n) is 7.13. The number of aromatic amines is 1. The minimum Gasteiger partial charge on any atom is -0.486 e. The molecular weight excluding hydrogens is 346 g/mol. The molecule has 2 N–H and O–H groups in total. The Hall–Kier alpha value is -2.39. The maximum Gasteiger partial charge on any atom is 0.236 e. The van der Waals surface area contributed by atoms with Gasteiger partial charge in [-0.25, -0.2) is 9.97 Å². The Bertz CT molecular complexity index is 803. The highest BCUT2D eigenvalue weighted by Crippen LogP contribution is 2.17. The Morgan fingerprint density at radius 3 is 2.92 bits per heavy atom. The van der Waals surface area contributed by atoms with E-state index in [-0.39, 0.29) is 11.7 Å². The summed E-state index contributed by atoms with van der Waals surface area (Å²) >= 11 is 2.65. The summed E-state index contributed by atoms with van der Waals surface area (Å²) in [5, 5.41) is 12.6. The summed E-state index contributed by atoms with van der Waals surface area (Å²) in [6.45, 7) is 2.18. The normalized spacial score (nSPS) is 10.5. The minimum atomic E-state index is -0.138. The van der Waals surface area contributed by atoms with Crippen LogP contribution < -0.4 is 10.1 Å². The zero-order valence-corrected chi connectivity index (χ0v) is 14.5. The number of rotatable bonds is 7. The Kier molecular flexibility index (Phi) is 5.44. The standard InChI is InChI=1S/C15H15N5O2S2/c1-10-8-23-14(16-10)18-13(21)9-24-15-17-12(19-20-15)7-22-11-5-3-2-4-6-11/h2-6,8H,7,9H2,1H3,(H,16,18,21)(H,17,19,20). The number of amides is 1. The van der Waals surface area contributed by atoms with Crippen molar-refractivity contribution in [3.63, 3.8) is 0 Å². The molecule has 3 rings (SSSR count). The molecule has 9 heteroatoms. The third-order valence-corrected chi connectivity index (χ3v) is 4.55. The fourth-order valence-corrected chi connectivity index (χ4v) is 3.09. The van der Waals surface area contributed by atoms with Crippen molar-refractivity contribution < 1.29 is 9.53 Å². The Morgan fingerprint density at radius 2 is 2.17 bits per heavy atom. The number of carbonyl (C=O) groups excluding carboxylic acids is 1. The molecule has 0 fully saturated rings. The van der Waals surface area contributed by atoms with Gasteiger partial charge in [0.1, 0.15) is 12.4 Å². The van der Waals surface area contributed by atoms with E-state index in [0.29, 0.717) is 22.7 Å². The first kappa shape index (κ1) is 16.5. The van der Waals surface area contributed by atoms with Crippen molar-refractivity contribution in [1.82, 2.24) is 20.2 Å². The molecule has 1 amide bonds. The van der Waals surface area contributed by atoms with Gasteiger partial charge in [0.25, 0.3) is 0 Å². The van der Waals surface area contributed by atoms with Gasteiger partial charge in [0, 0.05) is 5.38 Å². The second kappa shape index (κ2) is 7.93. The van der Waals surface area contributed by atoms with Crippen LogP contribution in [0.25, 0.3) is 0 Å². The number of nitrogens with zero attached hydrogens (tertiary/aromatic N) is 3. The van der Waals surface area contributed by atoms with E-state index in [2.05, 4.69) is 25.5 Å². The minimum absolute atomic E-state index is 0.138. The van der Waals surface area contributed by atoms with Crippen LogP contribution in [0, 0.1) is 6.92 Å². The topological polar surface area (TPSA) is 92.8 Å². The Balaban J connectivity index is 1.44. The van der Waals surface area contributed by atoms with Gasteiger partial charge in [0.05, 0.1) is 11.4 Å². The van der Waals surface area contributed by atoms with Gasteiger partial charge < -0.3 is 10.1 Å². The number of H-pyrrole nitrogens is 1. The first-order chi connectivity index (χ1) is 11.7. The summed E-state index contributed by atoms with van der Waals surface area (Å²) < 4.78 is 5.58. The fraction of sp³-hybridized carbons (Fsp3) is 0.200. The van der Waals surface area contributed by atoms with E-state index >= 15 is 0 Å². The van der Waals surface area contributed by atoms with Crippen LogP contribution >= 0.6 is 23.1 Å². The van der Waals surface area contributed by atoms with Crippen LogP contribution in [0.2, 0.25) is 0 Å². The predicted octanol–water partition coefficient (Wildman–Crippen LogP) is 2.88. The quantitative estimate of drug-likeness (QED) is 0.629. The van der Waals surface area contributed by atoms with E-state index in [4.69, 9.17) is 4.74 Å². The van der Waals surface area contributed by atoms with Crippen molar-refractivity contribution in [3.05, 3.63) is 47.2 Å². The number of aromatic nitrogens is 4. The second-order valence-corrected chi connectivity index (χ2v) is 6.60. The number of hydrogen-bond donors (Lipinski definition) is 2. The van der Waals surface area contributed by atoms with Crippen LogP contribution in [0.5, 0.6) is 5.75 Å². The predicted molar refractivity (Wildman–Crippen MR) is 93.4 cm³/mol. The van der Waals surface area contributed by atoms with Gasteiger partial charge in [0.15, 0.2) is 11.0 Å². The number of para-hydroxylation sites is 1. The molecule has 0 aliphatic carbocycles. The average Bonchev–Trinajstić information content (AvgIpc) is 3.21. The van der Waals surface area contributed by atoms with E-state index in [1.165, 1.54) is 23.1 Å². The molecule has 0 aliphatic heterocycles. The van der Waals surface area contributed by atoms with Crippen LogP contribution in [0.1, 0.15) is 11.5 Å². The molecule has 1 aromatic carbocycles. The molecule has 0 bridgehead atoms. The summed E-state index contributed by atoms with van der Waals surface area (Å²) in [4.78, 5) is 20.3. The molecule has 0 spiro atoms. The van der Waals surface area contributed by atoms with Gasteiger partial charge in [-0.15, -0.1) is 16.4 Å². The van der Waals surface area contributed by atoms with Crippen LogP contribution in [-0.4, -0.2) is 31.8 Å². The number of ether oxygens (including phenoxy) is 1. The van der Waals surface area contributed by atoms with E-state index < -0.39 is 0 Å². The SMILES string of the molecule is Cc1csc(NC(=O)CSc2n[nH]c(COc3ccccc3)n2)n1. The molecule has 0 saturated carbocycles. The second-order valence-electron chi connectivity index (χ2n) is 4.80. The molecule has 124 valence electrons. The van der Waals surface area contributed by atoms with Gasteiger partial charge in [-0.2, -0.15) is 0 Å². The highest BCUT2D eigenvalue weighted by Gasteiger charge is 2.09. The number of thiazole rings is 1. The zero-order valence-electron chi connectivity index (χ0n) is 12.9. The third kappa shape index (κ3) is 4.80. The van der Waals surface area contributed by atoms with E-state index in [1.54, 1.807) is 0 Å². The Labute approximate surface area is 146 Å². The molecule has 2 aromatic heterocycles. The number of hydrogen-bond acceptors (Lipinski definition) is 7. The number of aryl methyl sites for hydroxylation is 1. The first-order valence-corrected chi connectivity index (χ1v) is 8.99. The molecule has 3 aromatic rings. The summed E-state index contributed by atoms with van der Waals surface area (Å²) in [6.07, 6.45) is 0. The number of thioether (sulfide) groups is 1. The number of benzene rings is 1. The van der Waals surface area contributed by atoms with Crippen molar-refractivity contribution in [2.75, 3.05) is 11.1 Å². The lowest BCUT2D eigenvalue weighted by Gasteiger charge is -2.02. The highest BCUT2D eigenvalue weighted by molar-refractivity contribution is 7.99. The van der Waals surface area contributed by atoms with Crippen molar-refractivity contribution in [2.45, 2.75) is 18.7 Å². The summed E-state index contributed by atoms with van der Waals surface area (Å²) in [7, 11) is 0. The molecule has 0 unspecified atom stereocenters. The molecule has 0 saturated heterocycles.